The van der Waals surface area contributed by atoms with Crippen LogP contribution in [0.3, 0.4) is 0 Å². The molecule has 1 aliphatic rings. The molecule has 0 atom stereocenters. The van der Waals surface area contributed by atoms with Gasteiger partial charge in [0.2, 0.25) is 0 Å². The molecule has 1 rings (SSSR count). The number of rotatable bonds is 15. The molecule has 0 N–H and O–H groups in total. The van der Waals surface area contributed by atoms with Gasteiger partial charge in [0.1, 0.15) is 0 Å². The van der Waals surface area contributed by atoms with E-state index in [4.69, 9.17) is 0 Å². The van der Waals surface area contributed by atoms with E-state index < -0.39 is 14.4 Å². The second kappa shape index (κ2) is 15.0. The van der Waals surface area contributed by atoms with Crippen molar-refractivity contribution >= 4 is 14.4 Å². The molecule has 0 aromatic heterocycles. The minimum atomic E-state index is -0.571. The number of nitrogens with zero attached hydrogens (tertiary/aromatic N) is 1. The normalized spacial score (nSPS) is 15.5. The van der Waals surface area contributed by atoms with E-state index in [1.807, 2.05) is 0 Å². The molecule has 0 aromatic carbocycles. The molecule has 1 aliphatic heterocycles. The van der Waals surface area contributed by atoms with Gasteiger partial charge in [0, 0.05) is 0 Å². The number of unbranched alkanes of at least 4 members (excludes halogenated alkanes) is 10. The van der Waals surface area contributed by atoms with Crippen LogP contribution >= 0.6 is 0 Å². The second-order valence-electron chi connectivity index (χ2n) is 7.51. The zero-order valence-corrected chi connectivity index (χ0v) is 16.9. The Kier molecular flexibility index (Phi) is 14.0. The largest absolute Gasteiger partial charge is 0.385 e. The van der Waals surface area contributed by atoms with E-state index in [0.29, 0.717) is 0 Å². The van der Waals surface area contributed by atoms with E-state index in [9.17, 15) is 0 Å². The molecule has 0 unspecified atom stereocenters. The fraction of sp³-hybridized carbons (Fsp3) is 1.00. The lowest BCUT2D eigenvalue weighted by Crippen LogP contribution is -2.36. The molecule has 22 heavy (non-hydrogen) atoms. The predicted molar refractivity (Wildman–Crippen MR) is 103 cm³/mol. The van der Waals surface area contributed by atoms with Gasteiger partial charge in [0.25, 0.3) is 0 Å². The molecule has 0 aromatic rings. The smallest absolute Gasteiger partial charge is 0.372 e. The van der Waals surface area contributed by atoms with Gasteiger partial charge in [-0.1, -0.05) is 101 Å². The third-order valence-corrected chi connectivity index (χ3v) is 9.14. The zero-order valence-electron chi connectivity index (χ0n) is 15.8. The van der Waals surface area contributed by atoms with E-state index in [1.165, 1.54) is 103 Å². The molecule has 1 fully saturated rings. The van der Waals surface area contributed by atoms with Gasteiger partial charge in [0.15, 0.2) is 0 Å². The first kappa shape index (κ1) is 20.5. The maximum Gasteiger partial charge on any atom is 0.372 e. The first-order valence-electron chi connectivity index (χ1n) is 10.6. The molecule has 0 bridgehead atoms. The Hall–Kier alpha value is 0.492. The van der Waals surface area contributed by atoms with Gasteiger partial charge in [-0.05, 0) is 25.9 Å². The summed E-state index contributed by atoms with van der Waals surface area (Å²) < 4.78 is 2.96. The van der Waals surface area contributed by atoms with E-state index in [1.54, 1.807) is 10.6 Å². The molecule has 0 aliphatic carbocycles. The van der Waals surface area contributed by atoms with Crippen molar-refractivity contribution in [1.29, 1.82) is 0 Å². The highest BCUT2D eigenvalue weighted by Crippen LogP contribution is 2.21. The highest BCUT2D eigenvalue weighted by atomic mass is 27.2. The summed E-state index contributed by atoms with van der Waals surface area (Å²) in [4.78, 5) is 0. The summed E-state index contributed by atoms with van der Waals surface area (Å²) in [6.45, 7) is 7.53. The first-order valence-corrected chi connectivity index (χ1v) is 12.8. The summed E-state index contributed by atoms with van der Waals surface area (Å²) in [5, 5.41) is 3.22. The number of hydrogen-bond donors (Lipinski definition) is 0. The van der Waals surface area contributed by atoms with Gasteiger partial charge in [-0.15, -0.1) is 0 Å². The molecule has 0 amide bonds. The molecular weight excluding hydrogens is 281 g/mol. The van der Waals surface area contributed by atoms with E-state index in [2.05, 4.69) is 17.7 Å². The van der Waals surface area contributed by atoms with Crippen LogP contribution < -0.4 is 0 Å². The summed E-state index contributed by atoms with van der Waals surface area (Å²) in [6.07, 6.45) is 20.6. The van der Waals surface area contributed by atoms with Crippen LogP contribution in [0.4, 0.5) is 0 Å². The summed E-state index contributed by atoms with van der Waals surface area (Å²) >= 11 is -0.571. The minimum Gasteiger partial charge on any atom is -0.385 e. The standard InChI is InChI=1S/2C8H17.C4H8N.Al/c2*1-3-5-7-8-6-4-2;1-2-4-5-3-1;/h2*1,3-8H2,2H3;1-4H2;/q;;-1;+1. The topological polar surface area (TPSA) is 3.24 Å². The van der Waals surface area contributed by atoms with Crippen molar-refractivity contribution in [2.75, 3.05) is 13.1 Å². The van der Waals surface area contributed by atoms with Gasteiger partial charge in [0.05, 0.1) is 0 Å². The van der Waals surface area contributed by atoms with Crippen LogP contribution in [0.2, 0.25) is 10.6 Å². The van der Waals surface area contributed by atoms with Gasteiger partial charge in [-0.2, -0.15) is 0 Å². The van der Waals surface area contributed by atoms with Crippen LogP contribution in [0.1, 0.15) is 104 Å². The summed E-state index contributed by atoms with van der Waals surface area (Å²) in [5.41, 5.74) is 0. The molecule has 0 saturated carbocycles. The van der Waals surface area contributed by atoms with Crippen LogP contribution in [-0.4, -0.2) is 31.3 Å². The van der Waals surface area contributed by atoms with Crippen LogP contribution in [0, 0.1) is 0 Å². The lowest BCUT2D eigenvalue weighted by molar-refractivity contribution is 0.516. The molecule has 2 heteroatoms. The zero-order chi connectivity index (χ0) is 15.9. The van der Waals surface area contributed by atoms with Crippen LogP contribution in [0.15, 0.2) is 0 Å². The highest BCUT2D eigenvalue weighted by molar-refractivity contribution is 6.55. The van der Waals surface area contributed by atoms with Gasteiger partial charge >= 0.3 is 14.4 Å². The van der Waals surface area contributed by atoms with Crippen molar-refractivity contribution in [3.05, 3.63) is 0 Å². The van der Waals surface area contributed by atoms with E-state index >= 15 is 0 Å². The monoisotopic (exact) mass is 323 g/mol. The Bertz CT molecular complexity index is 210. The first-order chi connectivity index (χ1) is 10.9. The van der Waals surface area contributed by atoms with E-state index in [0.717, 1.165) is 0 Å². The molecule has 1 saturated heterocycles. The molecule has 0 radical (unpaired) electrons. The van der Waals surface area contributed by atoms with Gasteiger partial charge in [-0.3, -0.25) is 0 Å². The van der Waals surface area contributed by atoms with Crippen LogP contribution in [0.5, 0.6) is 0 Å². The quantitative estimate of drug-likeness (QED) is 0.237. The lowest BCUT2D eigenvalue weighted by atomic mass is 10.1. The third kappa shape index (κ3) is 10.3. The fourth-order valence-corrected chi connectivity index (χ4v) is 7.57. The van der Waals surface area contributed by atoms with Crippen LogP contribution in [-0.2, 0) is 0 Å². The molecule has 0 spiro atoms. The van der Waals surface area contributed by atoms with Gasteiger partial charge in [-0.25, -0.2) is 0 Å². The Balaban J connectivity index is 2.10. The molecule has 1 heterocycles. The second-order valence-corrected chi connectivity index (χ2v) is 10.7. The van der Waals surface area contributed by atoms with Crippen molar-refractivity contribution in [3.8, 4) is 0 Å². The average Bonchev–Trinajstić information content (AvgIpc) is 3.06. The Morgan fingerprint density at radius 2 is 1.00 bits per heavy atom. The van der Waals surface area contributed by atoms with Crippen LogP contribution in [0.25, 0.3) is 0 Å². The van der Waals surface area contributed by atoms with Crippen molar-refractivity contribution in [2.24, 2.45) is 0 Å². The summed E-state index contributed by atoms with van der Waals surface area (Å²) in [5.74, 6) is 0. The number of hydrogen-bond acceptors (Lipinski definition) is 1. The predicted octanol–water partition coefficient (Wildman–Crippen LogP) is 6.79. The minimum absolute atomic E-state index is 0.571. The molecule has 130 valence electrons. The lowest BCUT2D eigenvalue weighted by Gasteiger charge is -2.23. The summed E-state index contributed by atoms with van der Waals surface area (Å²) in [6, 6.07) is 0. The van der Waals surface area contributed by atoms with Gasteiger partial charge < -0.3 is 3.88 Å². The third-order valence-electron chi connectivity index (χ3n) is 5.44. The Labute approximate surface area is 145 Å². The SMILES string of the molecule is CCCCCCC[CH2][Al]([CH2]CCCCCCC)[N]1CCCC1. The maximum absolute atomic E-state index is 2.96. The fourth-order valence-electron chi connectivity index (χ4n) is 3.94. The molecule has 1 nitrogen and oxygen atoms in total. The highest BCUT2D eigenvalue weighted by Gasteiger charge is 2.27. The maximum atomic E-state index is 2.96. The average molecular weight is 324 g/mol. The van der Waals surface area contributed by atoms with Crippen molar-refractivity contribution in [1.82, 2.24) is 3.88 Å². The van der Waals surface area contributed by atoms with Crippen molar-refractivity contribution < 1.29 is 0 Å². The molecular formula is C20H42AlN. The van der Waals surface area contributed by atoms with Crippen molar-refractivity contribution in [3.63, 3.8) is 0 Å². The van der Waals surface area contributed by atoms with E-state index in [-0.39, 0.29) is 0 Å². The van der Waals surface area contributed by atoms with Crippen molar-refractivity contribution in [2.45, 2.75) is 114 Å². The Morgan fingerprint density at radius 1 is 0.591 bits per heavy atom. The summed E-state index contributed by atoms with van der Waals surface area (Å²) in [7, 11) is 0. The Morgan fingerprint density at radius 3 is 1.45 bits per heavy atom.